The van der Waals surface area contributed by atoms with Crippen molar-refractivity contribution >= 4 is 50.3 Å². The largest absolute Gasteiger partial charge is 0.447 e. The second-order valence-corrected chi connectivity index (χ2v) is 8.10. The highest BCUT2D eigenvalue weighted by Crippen LogP contribution is 2.26. The number of fused-ring (bicyclic) bond motifs is 1. The van der Waals surface area contributed by atoms with Gasteiger partial charge in [-0.05, 0) is 42.7 Å². The number of ether oxygens (including phenoxy) is 1. The Morgan fingerprint density at radius 2 is 2.03 bits per heavy atom. The molecular weight excluding hydrogens is 410 g/mol. The number of hydrogen-bond donors (Lipinski definition) is 1. The predicted molar refractivity (Wildman–Crippen MR) is 117 cm³/mol. The van der Waals surface area contributed by atoms with Crippen molar-refractivity contribution in [1.29, 1.82) is 0 Å². The van der Waals surface area contributed by atoms with Gasteiger partial charge in [-0.25, -0.2) is 9.78 Å². The molecule has 1 aromatic heterocycles. The Bertz CT molecular complexity index is 1020. The van der Waals surface area contributed by atoms with Crippen LogP contribution in [-0.2, 0) is 16.0 Å². The summed E-state index contributed by atoms with van der Waals surface area (Å²) in [6, 6.07) is 13.4. The van der Waals surface area contributed by atoms with E-state index in [2.05, 4.69) is 10.3 Å². The molecule has 0 bridgehead atoms. The number of benzene rings is 2. The van der Waals surface area contributed by atoms with Crippen molar-refractivity contribution in [3.05, 3.63) is 58.6 Å². The van der Waals surface area contributed by atoms with Crippen LogP contribution in [0.5, 0.6) is 0 Å². The molecule has 0 aliphatic rings. The first-order valence-corrected chi connectivity index (χ1v) is 10.4. The lowest BCUT2D eigenvalue weighted by atomic mass is 10.1. The van der Waals surface area contributed by atoms with Crippen LogP contribution in [0, 0.1) is 6.92 Å². The SMILES string of the molecule is Cc1ccc2nc(NC(=O)OCCN(C)C(=O)CCc3ccccc3Cl)sc2c1. The van der Waals surface area contributed by atoms with E-state index >= 15 is 0 Å². The molecule has 29 heavy (non-hydrogen) atoms. The molecule has 0 saturated carbocycles. The molecule has 152 valence electrons. The smallest absolute Gasteiger partial charge is 0.413 e. The number of carbonyl (C=O) groups excluding carboxylic acids is 2. The van der Waals surface area contributed by atoms with Crippen LogP contribution in [0.4, 0.5) is 9.93 Å². The molecule has 0 spiro atoms. The normalized spacial score (nSPS) is 10.7. The van der Waals surface area contributed by atoms with E-state index in [1.165, 1.54) is 11.3 Å². The number of rotatable bonds is 7. The molecular formula is C21H22ClN3O3S. The summed E-state index contributed by atoms with van der Waals surface area (Å²) in [6.07, 6.45) is 0.330. The van der Waals surface area contributed by atoms with E-state index in [9.17, 15) is 9.59 Å². The van der Waals surface area contributed by atoms with Crippen LogP contribution in [-0.4, -0.2) is 42.1 Å². The zero-order chi connectivity index (χ0) is 20.8. The summed E-state index contributed by atoms with van der Waals surface area (Å²) in [4.78, 5) is 30.1. The second-order valence-electron chi connectivity index (χ2n) is 6.66. The third kappa shape index (κ3) is 5.92. The first kappa shape index (κ1) is 21.1. The third-order valence-corrected chi connectivity index (χ3v) is 5.71. The molecule has 0 unspecified atom stereocenters. The van der Waals surface area contributed by atoms with Gasteiger partial charge in [0.15, 0.2) is 5.13 Å². The van der Waals surface area contributed by atoms with Gasteiger partial charge in [0.05, 0.1) is 16.8 Å². The summed E-state index contributed by atoms with van der Waals surface area (Å²) in [5.74, 6) is -0.0320. The van der Waals surface area contributed by atoms with E-state index in [0.29, 0.717) is 29.5 Å². The molecule has 0 saturated heterocycles. The highest BCUT2D eigenvalue weighted by Gasteiger charge is 2.12. The van der Waals surface area contributed by atoms with E-state index < -0.39 is 6.09 Å². The summed E-state index contributed by atoms with van der Waals surface area (Å²) >= 11 is 7.50. The zero-order valence-electron chi connectivity index (χ0n) is 16.3. The molecule has 0 aliphatic heterocycles. The average Bonchev–Trinajstić information content (AvgIpc) is 3.08. The fraction of sp³-hybridized carbons (Fsp3) is 0.286. The number of anilines is 1. The van der Waals surface area contributed by atoms with Gasteiger partial charge in [0.2, 0.25) is 5.91 Å². The van der Waals surface area contributed by atoms with Crippen LogP contribution in [0.1, 0.15) is 17.5 Å². The molecule has 8 heteroatoms. The van der Waals surface area contributed by atoms with Gasteiger partial charge in [-0.2, -0.15) is 0 Å². The molecule has 2 aromatic carbocycles. The van der Waals surface area contributed by atoms with Crippen LogP contribution < -0.4 is 5.32 Å². The van der Waals surface area contributed by atoms with E-state index in [1.807, 2.05) is 49.4 Å². The highest BCUT2D eigenvalue weighted by atomic mass is 35.5. The van der Waals surface area contributed by atoms with Gasteiger partial charge in [0.1, 0.15) is 6.61 Å². The molecule has 3 rings (SSSR count). The summed E-state index contributed by atoms with van der Waals surface area (Å²) in [7, 11) is 1.69. The van der Waals surface area contributed by atoms with Crippen molar-refractivity contribution in [3.63, 3.8) is 0 Å². The van der Waals surface area contributed by atoms with E-state index in [0.717, 1.165) is 21.3 Å². The topological polar surface area (TPSA) is 71.5 Å². The number of aryl methyl sites for hydroxylation is 2. The van der Waals surface area contributed by atoms with Crippen molar-refractivity contribution in [2.24, 2.45) is 0 Å². The second kappa shape index (κ2) is 9.71. The lowest BCUT2D eigenvalue weighted by Gasteiger charge is -2.17. The fourth-order valence-corrected chi connectivity index (χ4v) is 3.92. The highest BCUT2D eigenvalue weighted by molar-refractivity contribution is 7.22. The molecule has 6 nitrogen and oxygen atoms in total. The number of carbonyl (C=O) groups is 2. The zero-order valence-corrected chi connectivity index (χ0v) is 17.8. The van der Waals surface area contributed by atoms with Gasteiger partial charge in [-0.1, -0.05) is 47.2 Å². The maximum absolute atomic E-state index is 12.2. The number of halogens is 1. The molecule has 2 amide bonds. The summed E-state index contributed by atoms with van der Waals surface area (Å²) in [5.41, 5.74) is 2.91. The number of nitrogens with one attached hydrogen (secondary N) is 1. The molecule has 0 fully saturated rings. The van der Waals surface area contributed by atoms with Gasteiger partial charge in [-0.15, -0.1) is 0 Å². The predicted octanol–water partition coefficient (Wildman–Crippen LogP) is 4.90. The Morgan fingerprint density at radius 1 is 1.24 bits per heavy atom. The molecule has 0 aliphatic carbocycles. The minimum Gasteiger partial charge on any atom is -0.447 e. The van der Waals surface area contributed by atoms with Gasteiger partial charge >= 0.3 is 6.09 Å². The minimum absolute atomic E-state index is 0.0320. The monoisotopic (exact) mass is 431 g/mol. The summed E-state index contributed by atoms with van der Waals surface area (Å²) in [6.45, 7) is 2.42. The number of likely N-dealkylation sites (N-methyl/N-ethyl adjacent to an activating group) is 1. The molecule has 0 radical (unpaired) electrons. The maximum Gasteiger partial charge on any atom is 0.413 e. The lowest BCUT2D eigenvalue weighted by Crippen LogP contribution is -2.31. The van der Waals surface area contributed by atoms with Crippen molar-refractivity contribution < 1.29 is 14.3 Å². The number of thiazole rings is 1. The Balaban J connectivity index is 1.40. The number of hydrogen-bond acceptors (Lipinski definition) is 5. The first-order chi connectivity index (χ1) is 13.9. The van der Waals surface area contributed by atoms with Gasteiger partial charge in [0.25, 0.3) is 0 Å². The van der Waals surface area contributed by atoms with Crippen LogP contribution in [0.25, 0.3) is 10.2 Å². The number of aromatic nitrogens is 1. The van der Waals surface area contributed by atoms with Crippen LogP contribution in [0.15, 0.2) is 42.5 Å². The number of amides is 2. The van der Waals surface area contributed by atoms with E-state index in [-0.39, 0.29) is 12.5 Å². The van der Waals surface area contributed by atoms with Gasteiger partial charge < -0.3 is 9.64 Å². The Kier molecular flexibility index (Phi) is 7.06. The van der Waals surface area contributed by atoms with Crippen LogP contribution in [0.2, 0.25) is 5.02 Å². The Morgan fingerprint density at radius 3 is 2.83 bits per heavy atom. The third-order valence-electron chi connectivity index (χ3n) is 4.40. The van der Waals surface area contributed by atoms with Gasteiger partial charge in [-0.3, -0.25) is 10.1 Å². The lowest BCUT2D eigenvalue weighted by molar-refractivity contribution is -0.130. The van der Waals surface area contributed by atoms with E-state index in [4.69, 9.17) is 16.3 Å². The standard InChI is InChI=1S/C21H22ClN3O3S/c1-14-7-9-17-18(13-14)29-20(23-17)24-21(27)28-12-11-25(2)19(26)10-8-15-5-3-4-6-16(15)22/h3-7,9,13H,8,10-12H2,1-2H3,(H,23,24,27). The Labute approximate surface area is 178 Å². The average molecular weight is 432 g/mol. The fourth-order valence-electron chi connectivity index (χ4n) is 2.74. The summed E-state index contributed by atoms with van der Waals surface area (Å²) < 4.78 is 6.17. The van der Waals surface area contributed by atoms with Crippen LogP contribution in [0.3, 0.4) is 0 Å². The van der Waals surface area contributed by atoms with Crippen molar-refractivity contribution in [2.75, 3.05) is 25.5 Å². The quantitative estimate of drug-likeness (QED) is 0.577. The summed E-state index contributed by atoms with van der Waals surface area (Å²) in [5, 5.41) is 3.78. The van der Waals surface area contributed by atoms with Crippen molar-refractivity contribution in [1.82, 2.24) is 9.88 Å². The molecule has 0 atom stereocenters. The van der Waals surface area contributed by atoms with E-state index in [1.54, 1.807) is 11.9 Å². The van der Waals surface area contributed by atoms with Crippen LogP contribution >= 0.6 is 22.9 Å². The molecule has 1 heterocycles. The maximum atomic E-state index is 12.2. The number of nitrogens with zero attached hydrogens (tertiary/aromatic N) is 2. The minimum atomic E-state index is -0.585. The van der Waals surface area contributed by atoms with Crippen molar-refractivity contribution in [2.45, 2.75) is 19.8 Å². The first-order valence-electron chi connectivity index (χ1n) is 9.21. The molecule has 1 N–H and O–H groups in total. The Hall–Kier alpha value is -2.64. The van der Waals surface area contributed by atoms with Gasteiger partial charge in [0, 0.05) is 18.5 Å². The van der Waals surface area contributed by atoms with Crippen molar-refractivity contribution in [3.8, 4) is 0 Å². The molecule has 3 aromatic rings.